The Morgan fingerprint density at radius 3 is 2.64 bits per heavy atom. The maximum Gasteiger partial charge on any atom is 0.223 e. The van der Waals surface area contributed by atoms with Gasteiger partial charge in [0.25, 0.3) is 0 Å². The molecule has 0 aromatic heterocycles. The molecule has 1 aliphatic rings. The second-order valence-electron chi connectivity index (χ2n) is 3.90. The van der Waals surface area contributed by atoms with E-state index in [4.69, 9.17) is 0 Å². The lowest BCUT2D eigenvalue weighted by atomic mass is 10.1. The van der Waals surface area contributed by atoms with Crippen molar-refractivity contribution in [3.05, 3.63) is 11.8 Å². The molecule has 1 N–H and O–H groups in total. The standard InChI is InChI=1S/C11H18N2O/c1-8(2)11(14)13-9(3)10-6-4-5-7-12-10/h6-9H,4-5H2,1-3H3,(H,13,14). The summed E-state index contributed by atoms with van der Waals surface area (Å²) in [6.07, 6.45) is 6.04. The van der Waals surface area contributed by atoms with Gasteiger partial charge in [0, 0.05) is 12.1 Å². The zero-order valence-corrected chi connectivity index (χ0v) is 9.08. The molecule has 78 valence electrons. The number of carbonyl (C=O) groups is 1. The number of nitrogens with zero attached hydrogens (tertiary/aromatic N) is 1. The molecular weight excluding hydrogens is 176 g/mol. The van der Waals surface area contributed by atoms with E-state index in [9.17, 15) is 4.79 Å². The van der Waals surface area contributed by atoms with E-state index in [1.807, 2.05) is 27.0 Å². The average Bonchev–Trinajstić information content (AvgIpc) is 2.19. The molecule has 0 saturated carbocycles. The summed E-state index contributed by atoms with van der Waals surface area (Å²) in [5.74, 6) is 0.116. The molecule has 0 bridgehead atoms. The van der Waals surface area contributed by atoms with Gasteiger partial charge in [-0.1, -0.05) is 19.9 Å². The molecule has 0 saturated heterocycles. The van der Waals surface area contributed by atoms with Gasteiger partial charge in [0.2, 0.25) is 5.91 Å². The maximum absolute atomic E-state index is 11.4. The van der Waals surface area contributed by atoms with E-state index >= 15 is 0 Å². The second-order valence-corrected chi connectivity index (χ2v) is 3.90. The highest BCUT2D eigenvalue weighted by molar-refractivity contribution is 5.78. The van der Waals surface area contributed by atoms with E-state index < -0.39 is 0 Å². The Morgan fingerprint density at radius 2 is 2.14 bits per heavy atom. The van der Waals surface area contributed by atoms with Crippen LogP contribution in [0.5, 0.6) is 0 Å². The summed E-state index contributed by atoms with van der Waals surface area (Å²) in [4.78, 5) is 15.7. The fourth-order valence-electron chi connectivity index (χ4n) is 1.27. The van der Waals surface area contributed by atoms with Gasteiger partial charge in [-0.15, -0.1) is 0 Å². The van der Waals surface area contributed by atoms with Gasteiger partial charge in [-0.05, 0) is 19.8 Å². The molecule has 0 spiro atoms. The van der Waals surface area contributed by atoms with Crippen LogP contribution >= 0.6 is 0 Å². The topological polar surface area (TPSA) is 41.5 Å². The smallest absolute Gasteiger partial charge is 0.223 e. The Balaban J connectivity index is 2.49. The van der Waals surface area contributed by atoms with Crippen molar-refractivity contribution in [1.82, 2.24) is 5.32 Å². The lowest BCUT2D eigenvalue weighted by molar-refractivity contribution is -0.124. The van der Waals surface area contributed by atoms with Gasteiger partial charge in [0.05, 0.1) is 11.7 Å². The van der Waals surface area contributed by atoms with Gasteiger partial charge in [-0.3, -0.25) is 9.79 Å². The van der Waals surface area contributed by atoms with E-state index in [-0.39, 0.29) is 17.9 Å². The van der Waals surface area contributed by atoms with E-state index in [1.165, 1.54) is 0 Å². The van der Waals surface area contributed by atoms with E-state index in [2.05, 4.69) is 16.4 Å². The molecule has 1 atom stereocenters. The minimum atomic E-state index is 0.0291. The van der Waals surface area contributed by atoms with Crippen molar-refractivity contribution in [3.8, 4) is 0 Å². The van der Waals surface area contributed by atoms with Crippen LogP contribution in [0.4, 0.5) is 0 Å². The summed E-state index contributed by atoms with van der Waals surface area (Å²) in [5.41, 5.74) is 0.977. The molecule has 1 heterocycles. The van der Waals surface area contributed by atoms with Crippen LogP contribution in [-0.4, -0.2) is 18.2 Å². The zero-order valence-electron chi connectivity index (χ0n) is 9.08. The molecule has 0 radical (unpaired) electrons. The molecule has 1 rings (SSSR count). The summed E-state index contributed by atoms with van der Waals surface area (Å²) >= 11 is 0. The predicted octanol–water partition coefficient (Wildman–Crippen LogP) is 1.90. The third kappa shape index (κ3) is 2.98. The molecule has 1 aliphatic heterocycles. The number of allylic oxidation sites excluding steroid dienone is 1. The molecule has 0 aromatic rings. The van der Waals surface area contributed by atoms with Crippen LogP contribution in [0.1, 0.15) is 33.6 Å². The van der Waals surface area contributed by atoms with Crippen LogP contribution < -0.4 is 5.32 Å². The van der Waals surface area contributed by atoms with Crippen LogP contribution in [0.2, 0.25) is 0 Å². The van der Waals surface area contributed by atoms with Crippen LogP contribution in [0, 0.1) is 5.92 Å². The molecule has 14 heavy (non-hydrogen) atoms. The lowest BCUT2D eigenvalue weighted by Crippen LogP contribution is -2.36. The van der Waals surface area contributed by atoms with Crippen LogP contribution in [0.3, 0.4) is 0 Å². The van der Waals surface area contributed by atoms with Gasteiger partial charge in [0.1, 0.15) is 0 Å². The fraction of sp³-hybridized carbons (Fsp3) is 0.636. The third-order valence-electron chi connectivity index (χ3n) is 2.22. The molecule has 0 aromatic carbocycles. The van der Waals surface area contributed by atoms with Gasteiger partial charge in [0.15, 0.2) is 0 Å². The highest BCUT2D eigenvalue weighted by Gasteiger charge is 2.14. The SMILES string of the molecule is CC(C)C(=O)NC(C)C1=CCCC=N1. The molecular formula is C11H18N2O. The average molecular weight is 194 g/mol. The van der Waals surface area contributed by atoms with E-state index in [1.54, 1.807) is 0 Å². The molecule has 0 aliphatic carbocycles. The van der Waals surface area contributed by atoms with Crippen LogP contribution in [0.15, 0.2) is 16.8 Å². The Labute approximate surface area is 85.3 Å². The summed E-state index contributed by atoms with van der Waals surface area (Å²) < 4.78 is 0. The molecule has 1 amide bonds. The van der Waals surface area contributed by atoms with Crippen LogP contribution in [0.25, 0.3) is 0 Å². The Hall–Kier alpha value is -1.12. The first-order valence-electron chi connectivity index (χ1n) is 5.14. The third-order valence-corrected chi connectivity index (χ3v) is 2.22. The number of rotatable bonds is 3. The lowest BCUT2D eigenvalue weighted by Gasteiger charge is -2.17. The second kappa shape index (κ2) is 4.94. The normalized spacial score (nSPS) is 17.9. The molecule has 3 nitrogen and oxygen atoms in total. The first kappa shape index (κ1) is 11.0. The van der Waals surface area contributed by atoms with Crippen molar-refractivity contribution in [2.75, 3.05) is 0 Å². The summed E-state index contributed by atoms with van der Waals surface area (Å²) in [5, 5.41) is 2.93. The number of hydrogen-bond acceptors (Lipinski definition) is 2. The summed E-state index contributed by atoms with van der Waals surface area (Å²) in [6.45, 7) is 5.75. The van der Waals surface area contributed by atoms with Gasteiger partial charge in [-0.25, -0.2) is 0 Å². The van der Waals surface area contributed by atoms with Crippen molar-refractivity contribution in [2.45, 2.75) is 39.7 Å². The first-order valence-corrected chi connectivity index (χ1v) is 5.14. The monoisotopic (exact) mass is 194 g/mol. The quantitative estimate of drug-likeness (QED) is 0.732. The number of amides is 1. The predicted molar refractivity (Wildman–Crippen MR) is 58.3 cm³/mol. The van der Waals surface area contributed by atoms with Crippen molar-refractivity contribution >= 4 is 12.1 Å². The van der Waals surface area contributed by atoms with Crippen molar-refractivity contribution < 1.29 is 4.79 Å². The molecule has 0 fully saturated rings. The first-order chi connectivity index (χ1) is 6.61. The Bertz CT molecular complexity index is 266. The number of carbonyl (C=O) groups excluding carboxylic acids is 1. The zero-order chi connectivity index (χ0) is 10.6. The largest absolute Gasteiger partial charge is 0.348 e. The fourth-order valence-corrected chi connectivity index (χ4v) is 1.27. The maximum atomic E-state index is 11.4. The number of hydrogen-bond donors (Lipinski definition) is 1. The molecule has 3 heteroatoms. The van der Waals surface area contributed by atoms with Crippen LogP contribution in [-0.2, 0) is 4.79 Å². The highest BCUT2D eigenvalue weighted by Crippen LogP contribution is 2.11. The van der Waals surface area contributed by atoms with Crippen molar-refractivity contribution in [3.63, 3.8) is 0 Å². The van der Waals surface area contributed by atoms with Gasteiger partial charge >= 0.3 is 0 Å². The summed E-state index contributed by atoms with van der Waals surface area (Å²) in [7, 11) is 0. The van der Waals surface area contributed by atoms with Gasteiger partial charge in [-0.2, -0.15) is 0 Å². The van der Waals surface area contributed by atoms with Gasteiger partial charge < -0.3 is 5.32 Å². The summed E-state index contributed by atoms with van der Waals surface area (Å²) in [6, 6.07) is 0.0291. The number of aliphatic imine (C=N–C) groups is 1. The minimum Gasteiger partial charge on any atom is -0.348 e. The molecule has 1 unspecified atom stereocenters. The Kier molecular flexibility index (Phi) is 3.86. The van der Waals surface area contributed by atoms with E-state index in [0.717, 1.165) is 18.5 Å². The van der Waals surface area contributed by atoms with E-state index in [0.29, 0.717) is 0 Å². The Morgan fingerprint density at radius 1 is 1.43 bits per heavy atom. The van der Waals surface area contributed by atoms with Crippen molar-refractivity contribution in [1.29, 1.82) is 0 Å². The number of nitrogens with one attached hydrogen (secondary N) is 1. The minimum absolute atomic E-state index is 0.0291. The van der Waals surface area contributed by atoms with Crippen molar-refractivity contribution in [2.24, 2.45) is 10.9 Å². The highest BCUT2D eigenvalue weighted by atomic mass is 16.1.